The molecule has 1 N–H and O–H groups in total. The summed E-state index contributed by atoms with van der Waals surface area (Å²) in [5.74, 6) is -41.3. The standard InChI is InChI=1S/C18H15F12NO3/c1-2-3-8-34-11(32)9-4-6-10(7-5-9)31-13(33)15(23,24)17(27,28)18(29,30)16(25,26)14(21,22)12(19)20/h4-7,12H,2-3,8H2,1H3,(H,31,33). The minimum atomic E-state index is -7.81. The summed E-state index contributed by atoms with van der Waals surface area (Å²) in [6.45, 7) is 1.80. The lowest BCUT2D eigenvalue weighted by molar-refractivity contribution is -0.406. The second-order valence-corrected chi connectivity index (χ2v) is 6.74. The zero-order valence-corrected chi connectivity index (χ0v) is 16.8. The second kappa shape index (κ2) is 9.90. The minimum absolute atomic E-state index is 0.0125. The molecule has 4 nitrogen and oxygen atoms in total. The Kier molecular flexibility index (Phi) is 8.54. The number of alkyl halides is 12. The van der Waals surface area contributed by atoms with E-state index < -0.39 is 53.6 Å². The van der Waals surface area contributed by atoms with Gasteiger partial charge in [-0.2, -0.15) is 43.9 Å². The first-order valence-electron chi connectivity index (χ1n) is 9.04. The summed E-state index contributed by atoms with van der Waals surface area (Å²) in [4.78, 5) is 23.2. The van der Waals surface area contributed by atoms with Crippen LogP contribution < -0.4 is 5.32 Å². The van der Waals surface area contributed by atoms with Gasteiger partial charge in [-0.25, -0.2) is 13.6 Å². The Morgan fingerprint density at radius 1 is 0.853 bits per heavy atom. The van der Waals surface area contributed by atoms with Crippen LogP contribution in [0.1, 0.15) is 30.1 Å². The molecule has 1 aromatic rings. The number of esters is 1. The number of carbonyl (C=O) groups is 2. The fourth-order valence-electron chi connectivity index (χ4n) is 2.18. The molecule has 0 radical (unpaired) electrons. The largest absolute Gasteiger partial charge is 0.462 e. The summed E-state index contributed by atoms with van der Waals surface area (Å²) in [5, 5.41) is 0.957. The Morgan fingerprint density at radius 2 is 1.35 bits per heavy atom. The third-order valence-corrected chi connectivity index (χ3v) is 4.27. The van der Waals surface area contributed by atoms with Crippen LogP contribution >= 0.6 is 0 Å². The van der Waals surface area contributed by atoms with Crippen molar-refractivity contribution < 1.29 is 67.0 Å². The first kappa shape index (κ1) is 29.4. The van der Waals surface area contributed by atoms with Crippen molar-refractivity contribution in [1.29, 1.82) is 0 Å². The highest BCUT2D eigenvalue weighted by Gasteiger charge is 2.89. The SMILES string of the molecule is CCCCOC(=O)c1ccc(NC(=O)C(F)(F)C(F)(F)C(F)(F)C(F)(F)C(F)(F)C(F)F)cc1. The van der Waals surface area contributed by atoms with Crippen molar-refractivity contribution in [1.82, 2.24) is 0 Å². The maximum Gasteiger partial charge on any atom is 0.393 e. The summed E-state index contributed by atoms with van der Waals surface area (Å²) in [5.41, 5.74) is -1.05. The predicted molar refractivity (Wildman–Crippen MR) is 91.0 cm³/mol. The van der Waals surface area contributed by atoms with Crippen LogP contribution in [-0.2, 0) is 9.53 Å². The topological polar surface area (TPSA) is 55.4 Å². The molecule has 0 saturated carbocycles. The van der Waals surface area contributed by atoms with Gasteiger partial charge in [0.05, 0.1) is 12.2 Å². The molecule has 0 atom stereocenters. The van der Waals surface area contributed by atoms with Crippen molar-refractivity contribution in [3.63, 3.8) is 0 Å². The summed E-state index contributed by atoms with van der Waals surface area (Å²) >= 11 is 0. The number of halogens is 12. The molecule has 0 unspecified atom stereocenters. The molecule has 0 aliphatic rings. The van der Waals surface area contributed by atoms with Gasteiger partial charge in [0.2, 0.25) is 0 Å². The van der Waals surface area contributed by atoms with Gasteiger partial charge in [0.1, 0.15) is 0 Å². The van der Waals surface area contributed by atoms with Crippen molar-refractivity contribution in [3.05, 3.63) is 29.8 Å². The molecule has 1 rings (SSSR count). The number of amides is 1. The number of carbonyl (C=O) groups excluding carboxylic acids is 2. The van der Waals surface area contributed by atoms with Gasteiger partial charge in [-0.1, -0.05) is 13.3 Å². The Labute approximate surface area is 183 Å². The van der Waals surface area contributed by atoms with Crippen molar-refractivity contribution in [2.24, 2.45) is 0 Å². The van der Waals surface area contributed by atoms with E-state index in [0.29, 0.717) is 25.0 Å². The van der Waals surface area contributed by atoms with Crippen LogP contribution in [0.15, 0.2) is 24.3 Å². The van der Waals surface area contributed by atoms with E-state index in [9.17, 15) is 62.3 Å². The number of nitrogens with one attached hydrogen (secondary N) is 1. The molecule has 34 heavy (non-hydrogen) atoms. The summed E-state index contributed by atoms with van der Waals surface area (Å²) in [6, 6.07) is 2.93. The third-order valence-electron chi connectivity index (χ3n) is 4.27. The van der Waals surface area contributed by atoms with Gasteiger partial charge in [0.25, 0.3) is 0 Å². The molecule has 0 fully saturated rings. The molecule has 0 aliphatic carbocycles. The lowest BCUT2D eigenvalue weighted by Crippen LogP contribution is -2.70. The molecule has 0 spiro atoms. The lowest BCUT2D eigenvalue weighted by atomic mass is 9.94. The zero-order chi connectivity index (χ0) is 26.8. The molecule has 194 valence electrons. The minimum Gasteiger partial charge on any atom is -0.462 e. The zero-order valence-electron chi connectivity index (χ0n) is 16.8. The smallest absolute Gasteiger partial charge is 0.393 e. The molecule has 16 heteroatoms. The fraction of sp³-hybridized carbons (Fsp3) is 0.556. The Balaban J connectivity index is 3.14. The van der Waals surface area contributed by atoms with Gasteiger partial charge in [0, 0.05) is 5.69 Å². The predicted octanol–water partition coefficient (Wildman–Crippen LogP) is 6.02. The van der Waals surface area contributed by atoms with Crippen molar-refractivity contribution in [2.75, 3.05) is 11.9 Å². The number of benzene rings is 1. The first-order valence-corrected chi connectivity index (χ1v) is 9.04. The van der Waals surface area contributed by atoms with E-state index in [1.165, 1.54) is 0 Å². The molecule has 0 heterocycles. The highest BCUT2D eigenvalue weighted by atomic mass is 19.4. The van der Waals surface area contributed by atoms with Crippen LogP contribution in [-0.4, -0.2) is 54.5 Å². The normalized spacial score (nSPS) is 13.7. The van der Waals surface area contributed by atoms with Gasteiger partial charge in [-0.15, -0.1) is 0 Å². The number of unbranched alkanes of at least 4 members (excludes halogenated alkanes) is 1. The molecular weight excluding hydrogens is 506 g/mol. The van der Waals surface area contributed by atoms with Gasteiger partial charge in [-0.3, -0.25) is 4.79 Å². The second-order valence-electron chi connectivity index (χ2n) is 6.74. The Bertz CT molecular complexity index is 871. The van der Waals surface area contributed by atoms with Crippen LogP contribution in [0.3, 0.4) is 0 Å². The summed E-state index contributed by atoms with van der Waals surface area (Å²) < 4.78 is 163. The molecule has 0 aliphatic heterocycles. The summed E-state index contributed by atoms with van der Waals surface area (Å²) in [6.07, 6.45) is -4.48. The number of hydrogen-bond donors (Lipinski definition) is 1. The van der Waals surface area contributed by atoms with Crippen molar-refractivity contribution in [2.45, 2.75) is 55.8 Å². The first-order chi connectivity index (χ1) is 15.3. The van der Waals surface area contributed by atoms with E-state index in [4.69, 9.17) is 4.74 Å². The Hall–Kier alpha value is -2.68. The van der Waals surface area contributed by atoms with Crippen LogP contribution in [0.25, 0.3) is 0 Å². The van der Waals surface area contributed by atoms with Gasteiger partial charge < -0.3 is 10.1 Å². The molecular formula is C18H15F12NO3. The maximum absolute atomic E-state index is 13.8. The number of rotatable bonds is 11. The quantitative estimate of drug-likeness (QED) is 0.220. The molecule has 0 bridgehead atoms. The third kappa shape index (κ3) is 5.04. The van der Waals surface area contributed by atoms with Crippen LogP contribution in [0.5, 0.6) is 0 Å². The van der Waals surface area contributed by atoms with E-state index >= 15 is 0 Å². The lowest BCUT2D eigenvalue weighted by Gasteiger charge is -2.38. The molecule has 0 saturated heterocycles. The van der Waals surface area contributed by atoms with E-state index in [-0.39, 0.29) is 12.2 Å². The van der Waals surface area contributed by atoms with E-state index in [2.05, 4.69) is 0 Å². The van der Waals surface area contributed by atoms with E-state index in [1.807, 2.05) is 0 Å². The maximum atomic E-state index is 13.8. The fourth-order valence-corrected chi connectivity index (χ4v) is 2.18. The molecule has 1 aromatic carbocycles. The molecule has 1 amide bonds. The van der Waals surface area contributed by atoms with Crippen molar-refractivity contribution in [3.8, 4) is 0 Å². The monoisotopic (exact) mass is 521 g/mol. The molecule has 0 aromatic heterocycles. The van der Waals surface area contributed by atoms with Gasteiger partial charge >= 0.3 is 47.9 Å². The highest BCUT2D eigenvalue weighted by molar-refractivity contribution is 5.97. The van der Waals surface area contributed by atoms with Crippen molar-refractivity contribution >= 4 is 17.6 Å². The van der Waals surface area contributed by atoms with E-state index in [1.54, 1.807) is 6.92 Å². The summed E-state index contributed by atoms with van der Waals surface area (Å²) in [7, 11) is 0. The Morgan fingerprint density at radius 3 is 1.79 bits per heavy atom. The average molecular weight is 521 g/mol. The highest BCUT2D eigenvalue weighted by Crippen LogP contribution is 2.58. The van der Waals surface area contributed by atoms with Crippen LogP contribution in [0.2, 0.25) is 0 Å². The van der Waals surface area contributed by atoms with Gasteiger partial charge in [0.15, 0.2) is 0 Å². The van der Waals surface area contributed by atoms with Crippen LogP contribution in [0.4, 0.5) is 58.4 Å². The average Bonchev–Trinajstić information content (AvgIpc) is 2.73. The number of ether oxygens (including phenoxy) is 1. The number of anilines is 1. The van der Waals surface area contributed by atoms with Crippen LogP contribution in [0, 0.1) is 0 Å². The number of hydrogen-bond acceptors (Lipinski definition) is 3. The van der Waals surface area contributed by atoms with Gasteiger partial charge in [-0.05, 0) is 30.7 Å². The van der Waals surface area contributed by atoms with E-state index in [0.717, 1.165) is 17.4 Å².